The summed E-state index contributed by atoms with van der Waals surface area (Å²) in [5, 5.41) is 6.51. The van der Waals surface area contributed by atoms with E-state index in [1.54, 1.807) is 31.4 Å². The van der Waals surface area contributed by atoms with E-state index in [2.05, 4.69) is 10.5 Å². The molecule has 2 heterocycles. The van der Waals surface area contributed by atoms with Gasteiger partial charge in [0, 0.05) is 26.0 Å². The van der Waals surface area contributed by atoms with Crippen molar-refractivity contribution in [2.75, 3.05) is 11.4 Å². The number of amides is 2. The van der Waals surface area contributed by atoms with Gasteiger partial charge in [-0.3, -0.25) is 14.5 Å². The lowest BCUT2D eigenvalue weighted by Gasteiger charge is -2.17. The molecule has 0 saturated heterocycles. The molecular weight excluding hydrogens is 274 g/mol. The second-order valence-corrected chi connectivity index (χ2v) is 4.57. The third-order valence-electron chi connectivity index (χ3n) is 2.87. The molecule has 0 aliphatic carbocycles. The molecule has 0 aromatic carbocycles. The van der Waals surface area contributed by atoms with E-state index in [0.717, 1.165) is 0 Å². The predicted molar refractivity (Wildman–Crippen MR) is 74.4 cm³/mol. The quantitative estimate of drug-likeness (QED) is 0.874. The third kappa shape index (κ3) is 4.20. The van der Waals surface area contributed by atoms with Crippen molar-refractivity contribution in [1.29, 1.82) is 0 Å². The van der Waals surface area contributed by atoms with Crippen LogP contribution >= 0.6 is 0 Å². The van der Waals surface area contributed by atoms with Gasteiger partial charge in [0.1, 0.15) is 11.5 Å². The first kappa shape index (κ1) is 14.8. The molecule has 0 unspecified atom stereocenters. The second kappa shape index (κ2) is 6.74. The number of aromatic nitrogens is 1. The smallest absolute Gasteiger partial charge is 0.225 e. The zero-order valence-corrected chi connectivity index (χ0v) is 12.0. The SMILES string of the molecule is CC(=O)N(CCC(=O)NCc1ccco1)c1cc(C)on1. The number of nitrogens with zero attached hydrogens (tertiary/aromatic N) is 2. The fraction of sp³-hybridized carbons (Fsp3) is 0.357. The van der Waals surface area contributed by atoms with Crippen LogP contribution in [0.4, 0.5) is 5.82 Å². The van der Waals surface area contributed by atoms with Crippen LogP contribution in [0.5, 0.6) is 0 Å². The molecule has 1 N–H and O–H groups in total. The molecule has 0 atom stereocenters. The molecule has 0 aliphatic rings. The van der Waals surface area contributed by atoms with Gasteiger partial charge < -0.3 is 14.3 Å². The van der Waals surface area contributed by atoms with E-state index >= 15 is 0 Å². The van der Waals surface area contributed by atoms with Crippen LogP contribution in [-0.4, -0.2) is 23.5 Å². The lowest BCUT2D eigenvalue weighted by Crippen LogP contribution is -2.33. The van der Waals surface area contributed by atoms with E-state index in [-0.39, 0.29) is 24.8 Å². The number of carbonyl (C=O) groups excluding carboxylic acids is 2. The summed E-state index contributed by atoms with van der Waals surface area (Å²) in [5.74, 6) is 1.34. The number of rotatable bonds is 6. The number of hydrogen-bond donors (Lipinski definition) is 1. The average Bonchev–Trinajstić information content (AvgIpc) is 3.08. The Balaban J connectivity index is 1.84. The molecule has 2 aromatic rings. The van der Waals surface area contributed by atoms with Crippen molar-refractivity contribution in [2.24, 2.45) is 0 Å². The van der Waals surface area contributed by atoms with Crippen LogP contribution in [0.15, 0.2) is 33.4 Å². The van der Waals surface area contributed by atoms with Crippen LogP contribution < -0.4 is 10.2 Å². The normalized spacial score (nSPS) is 10.4. The predicted octanol–water partition coefficient (Wildman–Crippen LogP) is 1.64. The van der Waals surface area contributed by atoms with E-state index in [4.69, 9.17) is 8.94 Å². The monoisotopic (exact) mass is 291 g/mol. The minimum absolute atomic E-state index is 0.169. The number of furan rings is 1. The summed E-state index contributed by atoms with van der Waals surface area (Å²) >= 11 is 0. The van der Waals surface area contributed by atoms with Gasteiger partial charge in [-0.05, 0) is 19.1 Å². The van der Waals surface area contributed by atoms with Crippen molar-refractivity contribution in [3.63, 3.8) is 0 Å². The van der Waals surface area contributed by atoms with Gasteiger partial charge in [0.05, 0.1) is 12.8 Å². The van der Waals surface area contributed by atoms with E-state index in [1.807, 2.05) is 0 Å². The molecule has 0 saturated carbocycles. The van der Waals surface area contributed by atoms with Gasteiger partial charge in [-0.1, -0.05) is 5.16 Å². The first-order valence-corrected chi connectivity index (χ1v) is 6.57. The van der Waals surface area contributed by atoms with Crippen LogP contribution in [0.25, 0.3) is 0 Å². The third-order valence-corrected chi connectivity index (χ3v) is 2.87. The zero-order chi connectivity index (χ0) is 15.2. The van der Waals surface area contributed by atoms with E-state index in [9.17, 15) is 9.59 Å². The Morgan fingerprint density at radius 1 is 1.43 bits per heavy atom. The highest BCUT2D eigenvalue weighted by Crippen LogP contribution is 2.14. The van der Waals surface area contributed by atoms with Gasteiger partial charge in [0.2, 0.25) is 11.8 Å². The highest BCUT2D eigenvalue weighted by Gasteiger charge is 2.16. The summed E-state index contributed by atoms with van der Waals surface area (Å²) in [5.41, 5.74) is 0. The fourth-order valence-corrected chi connectivity index (χ4v) is 1.81. The summed E-state index contributed by atoms with van der Waals surface area (Å²) in [6, 6.07) is 5.19. The molecule has 0 bridgehead atoms. The lowest BCUT2D eigenvalue weighted by molar-refractivity contribution is -0.121. The Hall–Kier alpha value is -2.57. The maximum absolute atomic E-state index is 11.8. The van der Waals surface area contributed by atoms with Crippen molar-refractivity contribution in [3.8, 4) is 0 Å². The molecule has 0 fully saturated rings. The van der Waals surface area contributed by atoms with Gasteiger partial charge in [0.25, 0.3) is 0 Å². The Labute approximate surface area is 121 Å². The highest BCUT2D eigenvalue weighted by atomic mass is 16.5. The summed E-state index contributed by atoms with van der Waals surface area (Å²) < 4.78 is 10.1. The van der Waals surface area contributed by atoms with Crippen molar-refractivity contribution in [3.05, 3.63) is 36.0 Å². The topological polar surface area (TPSA) is 88.6 Å². The molecule has 0 aliphatic heterocycles. The maximum Gasteiger partial charge on any atom is 0.225 e. The minimum atomic E-state index is -0.192. The first-order chi connectivity index (χ1) is 10.1. The van der Waals surface area contributed by atoms with Gasteiger partial charge in [0.15, 0.2) is 5.82 Å². The zero-order valence-electron chi connectivity index (χ0n) is 12.0. The molecule has 2 amide bonds. The van der Waals surface area contributed by atoms with Gasteiger partial charge in [-0.25, -0.2) is 0 Å². The largest absolute Gasteiger partial charge is 0.467 e. The van der Waals surface area contributed by atoms with Crippen molar-refractivity contribution < 1.29 is 18.5 Å². The Morgan fingerprint density at radius 2 is 2.24 bits per heavy atom. The van der Waals surface area contributed by atoms with Crippen molar-refractivity contribution in [2.45, 2.75) is 26.8 Å². The fourth-order valence-electron chi connectivity index (χ4n) is 1.81. The number of nitrogens with one attached hydrogen (secondary N) is 1. The van der Waals surface area contributed by atoms with E-state index in [0.29, 0.717) is 23.9 Å². The standard InChI is InChI=1S/C14H17N3O4/c1-10-8-13(16-21-10)17(11(2)18)6-5-14(19)15-9-12-4-3-7-20-12/h3-4,7-8H,5-6,9H2,1-2H3,(H,15,19). The van der Waals surface area contributed by atoms with Crippen LogP contribution in [0, 0.1) is 6.92 Å². The number of aryl methyl sites for hydroxylation is 1. The minimum Gasteiger partial charge on any atom is -0.467 e. The number of hydrogen-bond acceptors (Lipinski definition) is 5. The first-order valence-electron chi connectivity index (χ1n) is 6.57. The molecule has 2 rings (SSSR count). The molecular formula is C14H17N3O4. The summed E-state index contributed by atoms with van der Waals surface area (Å²) in [7, 11) is 0. The molecule has 7 nitrogen and oxygen atoms in total. The summed E-state index contributed by atoms with van der Waals surface area (Å²) in [6.07, 6.45) is 1.72. The Morgan fingerprint density at radius 3 is 2.81 bits per heavy atom. The summed E-state index contributed by atoms with van der Waals surface area (Å²) in [6.45, 7) is 3.73. The second-order valence-electron chi connectivity index (χ2n) is 4.57. The van der Waals surface area contributed by atoms with Crippen molar-refractivity contribution in [1.82, 2.24) is 10.5 Å². The van der Waals surface area contributed by atoms with E-state index < -0.39 is 0 Å². The van der Waals surface area contributed by atoms with Gasteiger partial charge in [-0.2, -0.15) is 0 Å². The van der Waals surface area contributed by atoms with Gasteiger partial charge >= 0.3 is 0 Å². The molecule has 2 aromatic heterocycles. The summed E-state index contributed by atoms with van der Waals surface area (Å²) in [4.78, 5) is 24.8. The molecule has 0 radical (unpaired) electrons. The van der Waals surface area contributed by atoms with Gasteiger partial charge in [-0.15, -0.1) is 0 Å². The lowest BCUT2D eigenvalue weighted by atomic mass is 10.3. The number of carbonyl (C=O) groups is 2. The van der Waals surface area contributed by atoms with Crippen LogP contribution in [-0.2, 0) is 16.1 Å². The van der Waals surface area contributed by atoms with Crippen molar-refractivity contribution >= 4 is 17.6 Å². The van der Waals surface area contributed by atoms with Crippen LogP contribution in [0.2, 0.25) is 0 Å². The molecule has 7 heteroatoms. The Bertz CT molecular complexity index is 604. The molecule has 0 spiro atoms. The highest BCUT2D eigenvalue weighted by molar-refractivity contribution is 5.91. The molecule has 112 valence electrons. The maximum atomic E-state index is 11.8. The van der Waals surface area contributed by atoms with Crippen LogP contribution in [0.1, 0.15) is 24.9 Å². The Kier molecular flexibility index (Phi) is 4.76. The molecule has 21 heavy (non-hydrogen) atoms. The number of anilines is 1. The van der Waals surface area contributed by atoms with Crippen LogP contribution in [0.3, 0.4) is 0 Å². The average molecular weight is 291 g/mol. The van der Waals surface area contributed by atoms with E-state index in [1.165, 1.54) is 11.8 Å².